The van der Waals surface area contributed by atoms with Crippen LogP contribution in [0.3, 0.4) is 0 Å². The molecule has 0 aliphatic carbocycles. The molecule has 0 aromatic heterocycles. The van der Waals surface area contributed by atoms with Crippen LogP contribution < -0.4 is 0 Å². The van der Waals surface area contributed by atoms with Gasteiger partial charge in [-0.15, -0.1) is 0 Å². The Morgan fingerprint density at radius 1 is 1.04 bits per heavy atom. The van der Waals surface area contributed by atoms with Gasteiger partial charge in [-0.05, 0) is 18.2 Å². The van der Waals surface area contributed by atoms with Crippen molar-refractivity contribution in [3.8, 4) is 0 Å². The number of esters is 3. The number of allylic oxidation sites excluding steroid dienone is 1. The molecule has 1 aromatic rings. The van der Waals surface area contributed by atoms with E-state index in [-0.39, 0.29) is 12.0 Å². The van der Waals surface area contributed by atoms with Crippen LogP contribution in [0.25, 0.3) is 0 Å². The van der Waals surface area contributed by atoms with Gasteiger partial charge in [0, 0.05) is 18.7 Å². The van der Waals surface area contributed by atoms with Crippen LogP contribution in [-0.2, 0) is 35.1 Å². The largest absolute Gasteiger partial charge is 0.468 e. The summed E-state index contributed by atoms with van der Waals surface area (Å²) in [5.74, 6) is -4.14. The molecule has 2 rings (SSSR count). The molecule has 0 fully saturated rings. The van der Waals surface area contributed by atoms with E-state index in [0.717, 1.165) is 5.56 Å². The van der Waals surface area contributed by atoms with Gasteiger partial charge in [-0.1, -0.05) is 36.4 Å². The zero-order chi connectivity index (χ0) is 19.8. The maximum absolute atomic E-state index is 12.4. The van der Waals surface area contributed by atoms with E-state index < -0.39 is 29.7 Å². The Morgan fingerprint density at radius 3 is 2.22 bits per heavy atom. The number of rotatable bonds is 6. The molecule has 0 amide bonds. The molecular weight excluding hydrogens is 350 g/mol. The molecule has 0 saturated carbocycles. The predicted octanol–water partition coefficient (Wildman–Crippen LogP) is 2.04. The Kier molecular flexibility index (Phi) is 7.16. The van der Waals surface area contributed by atoms with E-state index in [2.05, 4.69) is 0 Å². The van der Waals surface area contributed by atoms with Crippen LogP contribution in [0.2, 0.25) is 0 Å². The number of benzene rings is 1. The number of hydrogen-bond donors (Lipinski definition) is 0. The fourth-order valence-electron chi connectivity index (χ4n) is 3.00. The van der Waals surface area contributed by atoms with E-state index in [4.69, 9.17) is 14.2 Å². The van der Waals surface area contributed by atoms with Gasteiger partial charge in [0.15, 0.2) is 5.92 Å². The minimum absolute atomic E-state index is 0.208. The smallest absolute Gasteiger partial charge is 0.335 e. The molecule has 0 N–H and O–H groups in total. The molecule has 7 heteroatoms. The first-order valence-corrected chi connectivity index (χ1v) is 8.43. The van der Waals surface area contributed by atoms with Crippen LogP contribution in [0, 0.1) is 11.8 Å². The molecule has 0 saturated heterocycles. The van der Waals surface area contributed by atoms with Crippen LogP contribution in [0.5, 0.6) is 0 Å². The minimum atomic E-state index is -1.26. The van der Waals surface area contributed by atoms with Crippen LogP contribution in [0.1, 0.15) is 12.0 Å². The standard InChI is InChI=1S/C20H23NO6/c1-25-18(22)16-13-21(12-14-8-5-4-6-9-14)11-7-10-15(16)17(19(23)26-2)20(24)27-3/h4-9,11,13,15,17H,10,12H2,1-3H3. The van der Waals surface area contributed by atoms with Crippen LogP contribution in [0.4, 0.5) is 0 Å². The second-order valence-electron chi connectivity index (χ2n) is 5.98. The van der Waals surface area contributed by atoms with Crippen molar-refractivity contribution in [2.75, 3.05) is 21.3 Å². The Morgan fingerprint density at radius 2 is 1.67 bits per heavy atom. The third-order valence-electron chi connectivity index (χ3n) is 4.33. The van der Waals surface area contributed by atoms with Crippen molar-refractivity contribution < 1.29 is 28.6 Å². The number of ether oxygens (including phenoxy) is 3. The van der Waals surface area contributed by atoms with Crippen LogP contribution in [0.15, 0.2) is 54.4 Å². The van der Waals surface area contributed by atoms with Gasteiger partial charge in [-0.25, -0.2) is 4.79 Å². The molecule has 1 atom stereocenters. The zero-order valence-electron chi connectivity index (χ0n) is 15.6. The van der Waals surface area contributed by atoms with E-state index in [1.54, 1.807) is 12.3 Å². The quantitative estimate of drug-likeness (QED) is 0.429. The lowest BCUT2D eigenvalue weighted by Gasteiger charge is -2.23. The molecule has 0 radical (unpaired) electrons. The molecule has 27 heavy (non-hydrogen) atoms. The molecule has 1 aliphatic rings. The van der Waals surface area contributed by atoms with Gasteiger partial charge in [0.05, 0.1) is 26.9 Å². The highest BCUT2D eigenvalue weighted by Crippen LogP contribution is 2.31. The van der Waals surface area contributed by atoms with Crippen molar-refractivity contribution in [2.24, 2.45) is 11.8 Å². The summed E-state index contributed by atoms with van der Waals surface area (Å²) in [6.45, 7) is 0.520. The maximum atomic E-state index is 12.4. The average Bonchev–Trinajstić information content (AvgIpc) is 2.90. The number of hydrogen-bond acceptors (Lipinski definition) is 7. The van der Waals surface area contributed by atoms with Gasteiger partial charge in [0.1, 0.15) is 0 Å². The van der Waals surface area contributed by atoms with E-state index in [1.165, 1.54) is 21.3 Å². The van der Waals surface area contributed by atoms with Crippen LogP contribution in [-0.4, -0.2) is 44.1 Å². The van der Waals surface area contributed by atoms with E-state index in [1.807, 2.05) is 41.4 Å². The molecule has 0 spiro atoms. The summed E-state index contributed by atoms with van der Waals surface area (Å²) in [4.78, 5) is 38.6. The fourth-order valence-corrected chi connectivity index (χ4v) is 3.00. The molecule has 1 aliphatic heterocycles. The van der Waals surface area contributed by atoms with Crippen molar-refractivity contribution in [3.63, 3.8) is 0 Å². The second kappa shape index (κ2) is 9.56. The average molecular weight is 373 g/mol. The van der Waals surface area contributed by atoms with Gasteiger partial charge in [0.2, 0.25) is 0 Å². The maximum Gasteiger partial charge on any atom is 0.335 e. The summed E-state index contributed by atoms with van der Waals surface area (Å²) in [6, 6.07) is 9.70. The Labute approximate surface area is 158 Å². The number of carbonyl (C=O) groups is 3. The topological polar surface area (TPSA) is 82.1 Å². The van der Waals surface area contributed by atoms with E-state index >= 15 is 0 Å². The molecular formula is C20H23NO6. The van der Waals surface area contributed by atoms with Gasteiger partial charge >= 0.3 is 17.9 Å². The number of methoxy groups -OCH3 is 3. The summed E-state index contributed by atoms with van der Waals surface area (Å²) in [5.41, 5.74) is 1.25. The monoisotopic (exact) mass is 373 g/mol. The third kappa shape index (κ3) is 4.97. The molecule has 144 valence electrons. The van der Waals surface area contributed by atoms with E-state index in [9.17, 15) is 14.4 Å². The Bertz CT molecular complexity index is 724. The molecule has 7 nitrogen and oxygen atoms in total. The first-order valence-electron chi connectivity index (χ1n) is 8.43. The third-order valence-corrected chi connectivity index (χ3v) is 4.33. The van der Waals surface area contributed by atoms with Gasteiger partial charge in [-0.3, -0.25) is 9.59 Å². The fraction of sp³-hybridized carbons (Fsp3) is 0.350. The Hall–Kier alpha value is -3.09. The highest BCUT2D eigenvalue weighted by atomic mass is 16.5. The van der Waals surface area contributed by atoms with Gasteiger partial charge in [0.25, 0.3) is 0 Å². The van der Waals surface area contributed by atoms with Crippen molar-refractivity contribution in [2.45, 2.75) is 13.0 Å². The van der Waals surface area contributed by atoms with Crippen molar-refractivity contribution in [1.29, 1.82) is 0 Å². The summed E-state index contributed by atoms with van der Waals surface area (Å²) in [7, 11) is 3.63. The molecule has 1 aromatic carbocycles. The molecule has 0 bridgehead atoms. The summed E-state index contributed by atoms with van der Waals surface area (Å²) in [6.07, 6.45) is 5.49. The normalized spacial score (nSPS) is 16.4. The van der Waals surface area contributed by atoms with Crippen molar-refractivity contribution in [3.05, 3.63) is 59.9 Å². The SMILES string of the molecule is COC(=O)C1=CN(Cc2ccccc2)C=CCC1C(C(=O)OC)C(=O)OC. The van der Waals surface area contributed by atoms with E-state index in [0.29, 0.717) is 6.54 Å². The summed E-state index contributed by atoms with van der Waals surface area (Å²) in [5, 5.41) is 0. The minimum Gasteiger partial charge on any atom is -0.468 e. The molecule has 1 unspecified atom stereocenters. The molecule has 1 heterocycles. The van der Waals surface area contributed by atoms with Gasteiger partial charge < -0.3 is 19.1 Å². The van der Waals surface area contributed by atoms with Crippen molar-refractivity contribution >= 4 is 17.9 Å². The summed E-state index contributed by atoms with van der Waals surface area (Å²) < 4.78 is 14.4. The lowest BCUT2D eigenvalue weighted by atomic mass is 9.83. The summed E-state index contributed by atoms with van der Waals surface area (Å²) >= 11 is 0. The first kappa shape index (κ1) is 20.2. The lowest BCUT2D eigenvalue weighted by molar-refractivity contribution is -0.161. The highest BCUT2D eigenvalue weighted by Gasteiger charge is 2.41. The first-order chi connectivity index (χ1) is 13.0. The lowest BCUT2D eigenvalue weighted by Crippen LogP contribution is -2.36. The highest BCUT2D eigenvalue weighted by molar-refractivity contribution is 5.98. The van der Waals surface area contributed by atoms with Crippen molar-refractivity contribution in [1.82, 2.24) is 4.90 Å². The Balaban J connectivity index is 2.40. The number of carbonyl (C=O) groups excluding carboxylic acids is 3. The van der Waals surface area contributed by atoms with Crippen LogP contribution >= 0.6 is 0 Å². The zero-order valence-corrected chi connectivity index (χ0v) is 15.6. The second-order valence-corrected chi connectivity index (χ2v) is 5.98. The van der Waals surface area contributed by atoms with Gasteiger partial charge in [-0.2, -0.15) is 0 Å². The predicted molar refractivity (Wildman–Crippen MR) is 96.9 cm³/mol. The number of nitrogens with zero attached hydrogens (tertiary/aromatic N) is 1.